The first-order valence-electron chi connectivity index (χ1n) is 12.6. The molecule has 35 heavy (non-hydrogen) atoms. The van der Waals surface area contributed by atoms with Crippen LogP contribution >= 0.6 is 0 Å². The van der Waals surface area contributed by atoms with E-state index in [0.29, 0.717) is 29.7 Å². The molecule has 0 bridgehead atoms. The predicted octanol–water partition coefficient (Wildman–Crippen LogP) is 4.24. The minimum absolute atomic E-state index is 0.145. The summed E-state index contributed by atoms with van der Waals surface area (Å²) < 4.78 is 17.4. The van der Waals surface area contributed by atoms with Crippen molar-refractivity contribution in [3.63, 3.8) is 0 Å². The fourth-order valence-electron chi connectivity index (χ4n) is 4.94. The van der Waals surface area contributed by atoms with Crippen LogP contribution < -0.4 is 10.2 Å². The molecule has 7 heteroatoms. The van der Waals surface area contributed by atoms with E-state index in [0.717, 1.165) is 63.4 Å². The summed E-state index contributed by atoms with van der Waals surface area (Å²) in [5, 5.41) is 0.495. The van der Waals surface area contributed by atoms with Crippen molar-refractivity contribution in [3.05, 3.63) is 75.6 Å². The molecule has 2 aromatic carbocycles. The number of nitrogens with zero attached hydrogens (tertiary/aromatic N) is 2. The topological polar surface area (TPSA) is 72.2 Å². The van der Waals surface area contributed by atoms with E-state index in [1.54, 1.807) is 17.0 Å². The third kappa shape index (κ3) is 4.83. The number of fused-ring (bicyclic) bond motifs is 2. The first kappa shape index (κ1) is 23.6. The number of benzene rings is 2. The standard InChI is InChI=1S/C28H32N2O5/c1-2-3-16-34-21-9-6-8-20(19-21)25-24-26(31)22-10-4-5-11-23(22)35-27(24)28(32)30(25)13-7-12-29-14-17-33-18-15-29/h4-6,8-11,19,25H,2-3,7,12-18H2,1H3/t25-/m1/s1. The fraction of sp³-hybridized carbons (Fsp3) is 0.429. The highest BCUT2D eigenvalue weighted by Crippen LogP contribution is 2.39. The lowest BCUT2D eigenvalue weighted by Crippen LogP contribution is -2.38. The van der Waals surface area contributed by atoms with Crippen LogP contribution in [0.15, 0.2) is 57.7 Å². The van der Waals surface area contributed by atoms with Gasteiger partial charge in [0.25, 0.3) is 5.91 Å². The van der Waals surface area contributed by atoms with Crippen LogP contribution in [0.5, 0.6) is 5.75 Å². The summed E-state index contributed by atoms with van der Waals surface area (Å²) in [5.41, 5.74) is 1.58. The molecule has 5 rings (SSSR count). The molecular formula is C28H32N2O5. The molecule has 184 valence electrons. The number of para-hydroxylation sites is 1. The van der Waals surface area contributed by atoms with Gasteiger partial charge in [0.15, 0.2) is 5.43 Å². The number of carbonyl (C=O) groups is 1. The van der Waals surface area contributed by atoms with Crippen LogP contribution in [0.4, 0.5) is 0 Å². The minimum Gasteiger partial charge on any atom is -0.494 e. The van der Waals surface area contributed by atoms with Crippen molar-refractivity contribution in [2.45, 2.75) is 32.2 Å². The molecule has 0 radical (unpaired) electrons. The van der Waals surface area contributed by atoms with E-state index in [2.05, 4.69) is 11.8 Å². The molecule has 1 fully saturated rings. The van der Waals surface area contributed by atoms with Gasteiger partial charge in [0.1, 0.15) is 11.3 Å². The number of ether oxygens (including phenoxy) is 2. The molecule has 0 saturated carbocycles. The quantitative estimate of drug-likeness (QED) is 0.430. The lowest BCUT2D eigenvalue weighted by atomic mass is 9.98. The molecule has 3 aromatic rings. The van der Waals surface area contributed by atoms with Crippen LogP contribution in [0.2, 0.25) is 0 Å². The summed E-state index contributed by atoms with van der Waals surface area (Å²) in [5.74, 6) is 0.671. The number of carbonyl (C=O) groups excluding carboxylic acids is 1. The van der Waals surface area contributed by atoms with Gasteiger partial charge in [-0.15, -0.1) is 0 Å². The lowest BCUT2D eigenvalue weighted by molar-refractivity contribution is 0.0353. The van der Waals surface area contributed by atoms with Gasteiger partial charge in [0.2, 0.25) is 5.76 Å². The Balaban J connectivity index is 1.49. The molecule has 7 nitrogen and oxygen atoms in total. The SMILES string of the molecule is CCCCOc1cccc([C@@H]2c3c(oc4ccccc4c3=O)C(=O)N2CCCN2CCOCC2)c1. The number of morpholine rings is 1. The molecule has 1 saturated heterocycles. The van der Waals surface area contributed by atoms with E-state index < -0.39 is 6.04 Å². The van der Waals surface area contributed by atoms with Crippen LogP contribution in [0.1, 0.15) is 53.9 Å². The number of hydrogen-bond donors (Lipinski definition) is 0. The molecule has 3 heterocycles. The molecule has 2 aliphatic heterocycles. The largest absolute Gasteiger partial charge is 0.494 e. The van der Waals surface area contributed by atoms with E-state index in [1.165, 1.54) is 0 Å². The van der Waals surface area contributed by atoms with E-state index in [9.17, 15) is 9.59 Å². The van der Waals surface area contributed by atoms with Gasteiger partial charge in [-0.1, -0.05) is 37.6 Å². The lowest BCUT2D eigenvalue weighted by Gasteiger charge is -2.29. The summed E-state index contributed by atoms with van der Waals surface area (Å²) in [7, 11) is 0. The van der Waals surface area contributed by atoms with Gasteiger partial charge in [0.05, 0.1) is 36.8 Å². The van der Waals surface area contributed by atoms with E-state index in [4.69, 9.17) is 13.9 Å². The Bertz CT molecular complexity index is 1250. The highest BCUT2D eigenvalue weighted by atomic mass is 16.5. The molecule has 2 aliphatic rings. The molecule has 0 aliphatic carbocycles. The van der Waals surface area contributed by atoms with Gasteiger partial charge < -0.3 is 18.8 Å². The van der Waals surface area contributed by atoms with Crippen LogP contribution in [-0.2, 0) is 4.74 Å². The zero-order chi connectivity index (χ0) is 24.2. The van der Waals surface area contributed by atoms with Crippen molar-refractivity contribution >= 4 is 16.9 Å². The molecule has 0 N–H and O–H groups in total. The maximum absolute atomic E-state index is 13.6. The Morgan fingerprint density at radius 3 is 2.66 bits per heavy atom. The summed E-state index contributed by atoms with van der Waals surface area (Å²) in [6.45, 7) is 7.45. The Kier molecular flexibility index (Phi) is 7.16. The van der Waals surface area contributed by atoms with Crippen LogP contribution in [-0.4, -0.2) is 61.7 Å². The molecule has 0 spiro atoms. The van der Waals surface area contributed by atoms with Gasteiger partial charge in [-0.25, -0.2) is 0 Å². The maximum atomic E-state index is 13.6. The van der Waals surface area contributed by atoms with Gasteiger partial charge in [0, 0.05) is 26.2 Å². The summed E-state index contributed by atoms with van der Waals surface area (Å²) in [6, 6.07) is 14.4. The van der Waals surface area contributed by atoms with Crippen LogP contribution in [0.25, 0.3) is 11.0 Å². The smallest absolute Gasteiger partial charge is 0.290 e. The van der Waals surface area contributed by atoms with Crippen molar-refractivity contribution in [2.24, 2.45) is 0 Å². The first-order chi connectivity index (χ1) is 17.2. The van der Waals surface area contributed by atoms with Crippen molar-refractivity contribution in [3.8, 4) is 5.75 Å². The van der Waals surface area contributed by atoms with Gasteiger partial charge in [-0.2, -0.15) is 0 Å². The highest BCUT2D eigenvalue weighted by Gasteiger charge is 2.42. The monoisotopic (exact) mass is 476 g/mol. The summed E-state index contributed by atoms with van der Waals surface area (Å²) in [4.78, 5) is 31.3. The average Bonchev–Trinajstić information content (AvgIpc) is 3.17. The third-order valence-corrected chi connectivity index (χ3v) is 6.79. The fourth-order valence-corrected chi connectivity index (χ4v) is 4.94. The Hall–Kier alpha value is -3.16. The summed E-state index contributed by atoms with van der Waals surface area (Å²) >= 11 is 0. The average molecular weight is 477 g/mol. The Morgan fingerprint density at radius 2 is 1.83 bits per heavy atom. The molecule has 0 unspecified atom stereocenters. The second-order valence-electron chi connectivity index (χ2n) is 9.15. The number of amides is 1. The van der Waals surface area contributed by atoms with E-state index in [-0.39, 0.29) is 17.1 Å². The van der Waals surface area contributed by atoms with Crippen molar-refractivity contribution in [1.29, 1.82) is 0 Å². The number of unbranched alkanes of at least 4 members (excludes halogenated alkanes) is 1. The zero-order valence-electron chi connectivity index (χ0n) is 20.2. The number of hydrogen-bond acceptors (Lipinski definition) is 6. The molecule has 1 atom stereocenters. The second kappa shape index (κ2) is 10.6. The van der Waals surface area contributed by atoms with Crippen LogP contribution in [0.3, 0.4) is 0 Å². The minimum atomic E-state index is -0.502. The van der Waals surface area contributed by atoms with E-state index >= 15 is 0 Å². The molecular weight excluding hydrogens is 444 g/mol. The highest BCUT2D eigenvalue weighted by molar-refractivity contribution is 5.99. The predicted molar refractivity (Wildman–Crippen MR) is 134 cm³/mol. The van der Waals surface area contributed by atoms with Gasteiger partial charge in [-0.3, -0.25) is 14.5 Å². The molecule has 1 aromatic heterocycles. The summed E-state index contributed by atoms with van der Waals surface area (Å²) in [6.07, 6.45) is 2.82. The first-order valence-corrected chi connectivity index (χ1v) is 12.6. The van der Waals surface area contributed by atoms with Crippen molar-refractivity contribution in [2.75, 3.05) is 46.0 Å². The van der Waals surface area contributed by atoms with Crippen LogP contribution in [0, 0.1) is 0 Å². The zero-order valence-corrected chi connectivity index (χ0v) is 20.2. The van der Waals surface area contributed by atoms with Gasteiger partial charge in [-0.05, 0) is 42.7 Å². The number of rotatable bonds is 9. The van der Waals surface area contributed by atoms with Gasteiger partial charge >= 0.3 is 0 Å². The molecule has 1 amide bonds. The Morgan fingerprint density at radius 1 is 1.00 bits per heavy atom. The van der Waals surface area contributed by atoms with E-state index in [1.807, 2.05) is 36.4 Å². The maximum Gasteiger partial charge on any atom is 0.290 e. The Labute approximate surface area is 205 Å². The van der Waals surface area contributed by atoms with Crippen molar-refractivity contribution < 1.29 is 18.7 Å². The second-order valence-corrected chi connectivity index (χ2v) is 9.15. The normalized spacial score (nSPS) is 18.3. The van der Waals surface area contributed by atoms with Crippen molar-refractivity contribution in [1.82, 2.24) is 9.80 Å². The third-order valence-electron chi connectivity index (χ3n) is 6.79.